The Morgan fingerprint density at radius 2 is 0.424 bits per heavy atom. The van der Waals surface area contributed by atoms with Gasteiger partial charge < -0.3 is 18.9 Å². The number of fused-ring (bicyclic) bond motifs is 16. The first kappa shape index (κ1) is 64.3. The predicted octanol–water partition coefficient (Wildman–Crippen LogP) is 12.6. The van der Waals surface area contributed by atoms with Crippen LogP contribution in [-0.2, 0) is 18.9 Å². The van der Waals surface area contributed by atoms with Crippen LogP contribution in [-0.4, -0.2) is 70.2 Å². The zero-order valence-corrected chi connectivity index (χ0v) is 51.4. The Labute approximate surface area is 537 Å². The molecule has 5 heterocycles. The molecule has 12 nitrogen and oxygen atoms in total. The molecule has 0 N–H and O–H groups in total. The fourth-order valence-corrected chi connectivity index (χ4v) is 8.51. The van der Waals surface area contributed by atoms with Gasteiger partial charge in [0.2, 0.25) is 0 Å². The Morgan fingerprint density at radius 3 is 0.576 bits per heavy atom. The standard InChI is InChI=1S/C80H60N4O8/c1-5-9-41-89-77(85)65-49-57-25-33-69-17-13-19-71(81-69)35-27-59-46-61(53-66(51-59)78(86)90-42-10-6-2)29-37-73-21-15-23-75(83-73)39-31-63-48-64(56-68(55-63)80(88)92-44-12-8-4)32-40-76-24-16-22-74(84-76)38-30-62-47-60(52-67(54-62)79(87)91-43-11-7-3)28-36-72-20-14-18-70(82-72)34-26-58(45-57)50-65/h13-24,45-56H,5-12,41-44H2,1-4H3. The number of nitrogens with zero attached hydrogens (tertiary/aromatic N) is 4. The Morgan fingerprint density at radius 1 is 0.261 bits per heavy atom. The molecule has 0 radical (unpaired) electrons. The van der Waals surface area contributed by atoms with Gasteiger partial charge in [-0.15, -0.1) is 0 Å². The summed E-state index contributed by atoms with van der Waals surface area (Å²) >= 11 is 0. The highest BCUT2D eigenvalue weighted by Gasteiger charge is 2.14. The second-order valence-electron chi connectivity index (χ2n) is 20.8. The lowest BCUT2D eigenvalue weighted by Crippen LogP contribution is -2.07. The number of ether oxygens (including phenoxy) is 4. The van der Waals surface area contributed by atoms with Crippen molar-refractivity contribution in [3.05, 3.63) is 258 Å². The highest BCUT2D eigenvalue weighted by atomic mass is 16.5. The highest BCUT2D eigenvalue weighted by Crippen LogP contribution is 2.18. The SMILES string of the molecule is CCCCOC(=O)c1cc2cc(c1)C#Cc1cccc(n1)C#Cc1cc(cc(C(=O)OCCCC)c1)C#Cc1cccc(n1)C#Cc1cc(cc(C(=O)OCCCC)c1)C#Cc1cccc(n1)C#Cc1cc(cc(C(=O)OCCCC)c1)C#Cc1cccc(n1)C#C2. The van der Waals surface area contributed by atoms with Crippen molar-refractivity contribution in [3.8, 4) is 94.7 Å². The third-order valence-electron chi connectivity index (χ3n) is 13.3. The van der Waals surface area contributed by atoms with Gasteiger partial charge in [0.25, 0.3) is 0 Å². The summed E-state index contributed by atoms with van der Waals surface area (Å²) in [6.07, 6.45) is 6.24. The Bertz CT molecular complexity index is 3880. The Kier molecular flexibility index (Phi) is 23.3. The van der Waals surface area contributed by atoms with Crippen molar-refractivity contribution >= 4 is 23.9 Å². The molecule has 4 aromatic heterocycles. The van der Waals surface area contributed by atoms with E-state index in [1.165, 1.54) is 0 Å². The maximum atomic E-state index is 13.4. The average molecular weight is 1210 g/mol. The number of carbonyl (C=O) groups excluding carboxylic acids is 4. The molecule has 0 saturated heterocycles. The lowest BCUT2D eigenvalue weighted by atomic mass is 10.1. The van der Waals surface area contributed by atoms with E-state index in [0.29, 0.717) is 116 Å². The van der Waals surface area contributed by atoms with Gasteiger partial charge >= 0.3 is 23.9 Å². The van der Waals surface area contributed by atoms with Crippen molar-refractivity contribution in [3.63, 3.8) is 0 Å². The van der Waals surface area contributed by atoms with Crippen molar-refractivity contribution in [1.29, 1.82) is 0 Å². The predicted molar refractivity (Wildman–Crippen MR) is 351 cm³/mol. The van der Waals surface area contributed by atoms with E-state index < -0.39 is 23.9 Å². The molecule has 9 rings (SSSR count). The van der Waals surface area contributed by atoms with Gasteiger partial charge in [-0.25, -0.2) is 39.1 Å². The minimum Gasteiger partial charge on any atom is -0.462 e. The fraction of sp³-hybridized carbons (Fsp3) is 0.200. The van der Waals surface area contributed by atoms with Gasteiger partial charge in [-0.2, -0.15) is 0 Å². The molecule has 4 aromatic carbocycles. The van der Waals surface area contributed by atoms with Crippen LogP contribution in [0.5, 0.6) is 0 Å². The zero-order valence-electron chi connectivity index (χ0n) is 51.4. The van der Waals surface area contributed by atoms with E-state index in [1.54, 1.807) is 146 Å². The summed E-state index contributed by atoms with van der Waals surface area (Å²) in [5.41, 5.74) is 8.28. The van der Waals surface area contributed by atoms with E-state index in [4.69, 9.17) is 38.9 Å². The Balaban J connectivity index is 1.15. The van der Waals surface area contributed by atoms with E-state index in [2.05, 4.69) is 94.7 Å². The number of aromatic nitrogens is 4. The van der Waals surface area contributed by atoms with Crippen LogP contribution in [0, 0.1) is 94.7 Å². The molecule has 92 heavy (non-hydrogen) atoms. The number of hydrogen-bond donors (Lipinski definition) is 0. The Hall–Kier alpha value is -12.2. The summed E-state index contributed by atoms with van der Waals surface area (Å²) in [5, 5.41) is 0. The van der Waals surface area contributed by atoms with Crippen LogP contribution in [0.4, 0.5) is 0 Å². The largest absolute Gasteiger partial charge is 0.462 e. The summed E-state index contributed by atoms with van der Waals surface area (Å²) in [6.45, 7) is 9.10. The monoisotopic (exact) mass is 1200 g/mol. The minimum atomic E-state index is -0.510. The van der Waals surface area contributed by atoms with Gasteiger partial charge in [0.15, 0.2) is 0 Å². The average Bonchev–Trinajstić information content (AvgIpc) is 2.47. The number of rotatable bonds is 16. The summed E-state index contributed by atoms with van der Waals surface area (Å²) in [5.74, 6) is 48.1. The molecule has 0 unspecified atom stereocenters. The van der Waals surface area contributed by atoms with Crippen LogP contribution in [0.3, 0.4) is 0 Å². The second-order valence-corrected chi connectivity index (χ2v) is 20.8. The molecule has 0 atom stereocenters. The quantitative estimate of drug-likeness (QED) is 0.0391. The molecule has 1 aliphatic rings. The van der Waals surface area contributed by atoms with E-state index in [9.17, 15) is 19.2 Å². The van der Waals surface area contributed by atoms with Crippen LogP contribution in [0.1, 0.15) is 211 Å². The molecule has 0 amide bonds. The van der Waals surface area contributed by atoms with Gasteiger partial charge in [0.1, 0.15) is 45.6 Å². The smallest absolute Gasteiger partial charge is 0.338 e. The van der Waals surface area contributed by atoms with Crippen molar-refractivity contribution in [2.75, 3.05) is 26.4 Å². The molecule has 0 fully saturated rings. The normalized spacial score (nSPS) is 10.7. The number of esters is 4. The molecule has 16 bridgehead atoms. The van der Waals surface area contributed by atoms with Crippen molar-refractivity contribution in [2.24, 2.45) is 0 Å². The summed E-state index contributed by atoms with van der Waals surface area (Å²) in [4.78, 5) is 72.5. The minimum absolute atomic E-state index is 0.260. The molecule has 0 spiro atoms. The number of unbranched alkanes of at least 4 members (excludes halogenated alkanes) is 4. The maximum absolute atomic E-state index is 13.4. The van der Waals surface area contributed by atoms with Gasteiger partial charge in [-0.05, 0) is 194 Å². The van der Waals surface area contributed by atoms with E-state index >= 15 is 0 Å². The van der Waals surface area contributed by atoms with Crippen molar-refractivity contribution in [1.82, 2.24) is 19.9 Å². The first-order chi connectivity index (χ1) is 45.0. The molecular weight excluding hydrogens is 1140 g/mol. The lowest BCUT2D eigenvalue weighted by molar-refractivity contribution is 0.0490. The summed E-state index contributed by atoms with van der Waals surface area (Å²) in [6, 6.07) is 41.4. The van der Waals surface area contributed by atoms with E-state index in [-0.39, 0.29) is 48.7 Å². The summed E-state index contributed by atoms with van der Waals surface area (Å²) in [7, 11) is 0. The maximum Gasteiger partial charge on any atom is 0.338 e. The van der Waals surface area contributed by atoms with Gasteiger partial charge in [0.05, 0.1) is 48.7 Å². The molecule has 12 heteroatoms. The third kappa shape index (κ3) is 19.9. The van der Waals surface area contributed by atoms with Crippen molar-refractivity contribution in [2.45, 2.75) is 79.1 Å². The van der Waals surface area contributed by atoms with Crippen LogP contribution in [0.25, 0.3) is 0 Å². The van der Waals surface area contributed by atoms with Crippen LogP contribution >= 0.6 is 0 Å². The van der Waals surface area contributed by atoms with Crippen LogP contribution < -0.4 is 0 Å². The number of hydrogen-bond acceptors (Lipinski definition) is 12. The molecular formula is C80H60N4O8. The number of carbonyl (C=O) groups is 4. The third-order valence-corrected chi connectivity index (χ3v) is 13.3. The van der Waals surface area contributed by atoms with Gasteiger partial charge in [-0.1, -0.05) is 125 Å². The highest BCUT2D eigenvalue weighted by molar-refractivity contribution is 5.92. The fourth-order valence-electron chi connectivity index (χ4n) is 8.51. The van der Waals surface area contributed by atoms with E-state index in [1.807, 2.05) is 27.7 Å². The molecule has 1 aliphatic heterocycles. The van der Waals surface area contributed by atoms with Crippen molar-refractivity contribution < 1.29 is 38.1 Å². The zero-order chi connectivity index (χ0) is 64.3. The topological polar surface area (TPSA) is 157 Å². The first-order valence-corrected chi connectivity index (χ1v) is 30.3. The molecule has 0 saturated carbocycles. The van der Waals surface area contributed by atoms with Crippen LogP contribution in [0.2, 0.25) is 0 Å². The van der Waals surface area contributed by atoms with Crippen LogP contribution in [0.15, 0.2) is 146 Å². The molecule has 8 aromatic rings. The first-order valence-electron chi connectivity index (χ1n) is 30.3. The van der Waals surface area contributed by atoms with Gasteiger partial charge in [-0.3, -0.25) is 0 Å². The van der Waals surface area contributed by atoms with Gasteiger partial charge in [0, 0.05) is 44.5 Å². The number of pyridine rings is 4. The summed E-state index contributed by atoms with van der Waals surface area (Å²) < 4.78 is 22.4. The molecule has 448 valence electrons. The lowest BCUT2D eigenvalue weighted by Gasteiger charge is -2.05. The van der Waals surface area contributed by atoms with E-state index in [0.717, 1.165) is 25.7 Å². The molecule has 0 aliphatic carbocycles. The number of benzene rings is 4. The second kappa shape index (κ2) is 33.3.